The number of hydrogen-bond donors (Lipinski definition) is 1. The monoisotopic (exact) mass is 352 g/mol. The third-order valence-corrected chi connectivity index (χ3v) is 5.46. The fraction of sp³-hybridized carbons (Fsp3) is 0.562. The van der Waals surface area contributed by atoms with E-state index in [1.54, 1.807) is 7.11 Å². The fourth-order valence-electron chi connectivity index (χ4n) is 3.66. The molecule has 1 aromatic carbocycles. The summed E-state index contributed by atoms with van der Waals surface area (Å²) in [6, 6.07) is 5.74. The predicted octanol–water partition coefficient (Wildman–Crippen LogP) is 2.66. The molecule has 1 amide bonds. The number of carbonyl (C=O) groups excluding carboxylic acids is 1. The summed E-state index contributed by atoms with van der Waals surface area (Å²) in [5, 5.41) is 0. The number of nitrogens with two attached hydrogens (primary N) is 1. The standard InChI is InChI=1S/C16H21BrN2O2/c1-21-15-6-5-10(7-13(15)17)16(20)19-8-11-3-2-4-14(18)12(11)9-19/h5-7,11-12,14H,2-4,8-9,18H2,1H3. The summed E-state index contributed by atoms with van der Waals surface area (Å²) < 4.78 is 6.02. The van der Waals surface area contributed by atoms with Gasteiger partial charge in [-0.15, -0.1) is 0 Å². The number of halogens is 1. The molecule has 1 heterocycles. The Hall–Kier alpha value is -1.07. The second-order valence-corrected chi connectivity index (χ2v) is 6.93. The first-order valence-electron chi connectivity index (χ1n) is 7.48. The van der Waals surface area contributed by atoms with Crippen molar-refractivity contribution >= 4 is 21.8 Å². The van der Waals surface area contributed by atoms with Crippen LogP contribution in [0.5, 0.6) is 5.75 Å². The van der Waals surface area contributed by atoms with Gasteiger partial charge in [-0.2, -0.15) is 0 Å². The molecular formula is C16H21BrN2O2. The molecule has 0 radical (unpaired) electrons. The molecule has 5 heteroatoms. The van der Waals surface area contributed by atoms with Crippen molar-refractivity contribution in [2.45, 2.75) is 25.3 Å². The molecule has 1 saturated heterocycles. The van der Waals surface area contributed by atoms with Crippen LogP contribution in [0.1, 0.15) is 29.6 Å². The second kappa shape index (κ2) is 5.97. The van der Waals surface area contributed by atoms with Crippen molar-refractivity contribution in [1.29, 1.82) is 0 Å². The van der Waals surface area contributed by atoms with Gasteiger partial charge in [-0.3, -0.25) is 4.79 Å². The number of carbonyl (C=O) groups is 1. The van der Waals surface area contributed by atoms with E-state index in [0.717, 1.165) is 29.7 Å². The summed E-state index contributed by atoms with van der Waals surface area (Å²) in [6.07, 6.45) is 3.49. The van der Waals surface area contributed by atoms with E-state index in [9.17, 15) is 4.79 Å². The molecule has 2 aliphatic rings. The van der Waals surface area contributed by atoms with Crippen molar-refractivity contribution in [2.75, 3.05) is 20.2 Å². The second-order valence-electron chi connectivity index (χ2n) is 6.08. The van der Waals surface area contributed by atoms with E-state index >= 15 is 0 Å². The Balaban J connectivity index is 1.75. The minimum atomic E-state index is 0.0972. The zero-order valence-electron chi connectivity index (χ0n) is 12.2. The van der Waals surface area contributed by atoms with Crippen LogP contribution in [-0.2, 0) is 0 Å². The first kappa shape index (κ1) is 14.9. The number of ether oxygens (including phenoxy) is 1. The molecule has 2 N–H and O–H groups in total. The smallest absolute Gasteiger partial charge is 0.253 e. The Morgan fingerprint density at radius 1 is 1.38 bits per heavy atom. The largest absolute Gasteiger partial charge is 0.496 e. The first-order valence-corrected chi connectivity index (χ1v) is 8.28. The minimum Gasteiger partial charge on any atom is -0.496 e. The Bertz CT molecular complexity index is 549. The average molecular weight is 353 g/mol. The highest BCUT2D eigenvalue weighted by Gasteiger charge is 2.40. The molecule has 4 nitrogen and oxygen atoms in total. The van der Waals surface area contributed by atoms with Crippen molar-refractivity contribution in [3.63, 3.8) is 0 Å². The Morgan fingerprint density at radius 3 is 2.86 bits per heavy atom. The van der Waals surface area contributed by atoms with E-state index in [-0.39, 0.29) is 11.9 Å². The summed E-state index contributed by atoms with van der Waals surface area (Å²) in [5.74, 6) is 1.90. The molecule has 0 spiro atoms. The maximum Gasteiger partial charge on any atom is 0.253 e. The topological polar surface area (TPSA) is 55.6 Å². The quantitative estimate of drug-likeness (QED) is 0.889. The van der Waals surface area contributed by atoms with Gasteiger partial charge in [0.05, 0.1) is 11.6 Å². The number of fused-ring (bicyclic) bond motifs is 1. The van der Waals surface area contributed by atoms with E-state index in [1.807, 2.05) is 23.1 Å². The zero-order chi connectivity index (χ0) is 15.0. The lowest BCUT2D eigenvalue weighted by Crippen LogP contribution is -2.38. The molecule has 2 fully saturated rings. The van der Waals surface area contributed by atoms with Gasteiger partial charge in [0.25, 0.3) is 5.91 Å². The van der Waals surface area contributed by atoms with Crippen LogP contribution >= 0.6 is 15.9 Å². The maximum atomic E-state index is 12.7. The molecule has 1 saturated carbocycles. The molecule has 3 unspecified atom stereocenters. The molecule has 1 aliphatic carbocycles. The summed E-state index contributed by atoms with van der Waals surface area (Å²) in [6.45, 7) is 1.65. The van der Waals surface area contributed by atoms with Crippen LogP contribution in [0.25, 0.3) is 0 Å². The van der Waals surface area contributed by atoms with E-state index in [0.29, 0.717) is 17.4 Å². The van der Waals surface area contributed by atoms with Gasteiger partial charge in [0.2, 0.25) is 0 Å². The van der Waals surface area contributed by atoms with Gasteiger partial charge in [0, 0.05) is 24.7 Å². The van der Waals surface area contributed by atoms with Gasteiger partial charge in [-0.05, 0) is 58.8 Å². The highest BCUT2D eigenvalue weighted by atomic mass is 79.9. The van der Waals surface area contributed by atoms with Crippen LogP contribution in [0.2, 0.25) is 0 Å². The summed E-state index contributed by atoms with van der Waals surface area (Å²) in [4.78, 5) is 14.6. The van der Waals surface area contributed by atoms with Crippen molar-refractivity contribution in [3.8, 4) is 5.75 Å². The van der Waals surface area contributed by atoms with Crippen LogP contribution in [0.3, 0.4) is 0 Å². The normalized spacial score (nSPS) is 28.3. The SMILES string of the molecule is COc1ccc(C(=O)N2CC3CCCC(N)C3C2)cc1Br. The zero-order valence-corrected chi connectivity index (χ0v) is 13.8. The number of methoxy groups -OCH3 is 1. The molecular weight excluding hydrogens is 332 g/mol. The van der Waals surface area contributed by atoms with Crippen molar-refractivity contribution in [3.05, 3.63) is 28.2 Å². The lowest BCUT2D eigenvalue weighted by atomic mass is 9.78. The number of amides is 1. The Kier molecular flexibility index (Phi) is 4.22. The Morgan fingerprint density at radius 2 is 2.19 bits per heavy atom. The molecule has 1 aliphatic heterocycles. The average Bonchev–Trinajstić information content (AvgIpc) is 2.92. The van der Waals surface area contributed by atoms with Gasteiger partial charge in [-0.1, -0.05) is 6.42 Å². The van der Waals surface area contributed by atoms with E-state index in [4.69, 9.17) is 10.5 Å². The predicted molar refractivity (Wildman–Crippen MR) is 85.4 cm³/mol. The van der Waals surface area contributed by atoms with Gasteiger partial charge >= 0.3 is 0 Å². The van der Waals surface area contributed by atoms with Crippen molar-refractivity contribution in [2.24, 2.45) is 17.6 Å². The van der Waals surface area contributed by atoms with Crippen molar-refractivity contribution in [1.82, 2.24) is 4.90 Å². The van der Waals surface area contributed by atoms with Crippen LogP contribution in [-0.4, -0.2) is 37.0 Å². The van der Waals surface area contributed by atoms with Gasteiger partial charge < -0.3 is 15.4 Å². The van der Waals surface area contributed by atoms with E-state index in [2.05, 4.69) is 15.9 Å². The number of likely N-dealkylation sites (tertiary alicyclic amines) is 1. The minimum absolute atomic E-state index is 0.0972. The van der Waals surface area contributed by atoms with Gasteiger partial charge in [0.15, 0.2) is 0 Å². The molecule has 0 bridgehead atoms. The summed E-state index contributed by atoms with van der Waals surface area (Å²) in [7, 11) is 1.62. The van der Waals surface area contributed by atoms with Crippen LogP contribution in [0, 0.1) is 11.8 Å². The first-order chi connectivity index (χ1) is 10.1. The Labute approximate surface area is 133 Å². The van der Waals surface area contributed by atoms with Crippen LogP contribution < -0.4 is 10.5 Å². The summed E-state index contributed by atoms with van der Waals surface area (Å²) in [5.41, 5.74) is 6.92. The number of hydrogen-bond acceptors (Lipinski definition) is 3. The number of nitrogens with zero attached hydrogens (tertiary/aromatic N) is 1. The molecule has 3 atom stereocenters. The summed E-state index contributed by atoms with van der Waals surface area (Å²) >= 11 is 3.44. The third kappa shape index (κ3) is 2.81. The highest BCUT2D eigenvalue weighted by molar-refractivity contribution is 9.10. The lowest BCUT2D eigenvalue weighted by Gasteiger charge is -2.29. The van der Waals surface area contributed by atoms with Crippen LogP contribution in [0.15, 0.2) is 22.7 Å². The maximum absolute atomic E-state index is 12.7. The van der Waals surface area contributed by atoms with Crippen molar-refractivity contribution < 1.29 is 9.53 Å². The van der Waals surface area contributed by atoms with Gasteiger partial charge in [0.1, 0.15) is 5.75 Å². The lowest BCUT2D eigenvalue weighted by molar-refractivity contribution is 0.0783. The number of rotatable bonds is 2. The fourth-order valence-corrected chi connectivity index (χ4v) is 4.21. The van der Waals surface area contributed by atoms with E-state index < -0.39 is 0 Å². The number of benzene rings is 1. The van der Waals surface area contributed by atoms with Gasteiger partial charge in [-0.25, -0.2) is 0 Å². The molecule has 3 rings (SSSR count). The van der Waals surface area contributed by atoms with E-state index in [1.165, 1.54) is 12.8 Å². The molecule has 114 valence electrons. The van der Waals surface area contributed by atoms with Crippen LogP contribution in [0.4, 0.5) is 0 Å². The molecule has 1 aromatic rings. The molecule has 21 heavy (non-hydrogen) atoms. The third-order valence-electron chi connectivity index (χ3n) is 4.84. The molecule has 0 aromatic heterocycles. The highest BCUT2D eigenvalue weighted by Crippen LogP contribution is 2.36.